The van der Waals surface area contributed by atoms with Gasteiger partial charge < -0.3 is 0 Å². The number of unbranched alkanes of at least 4 members (excludes halogenated alkanes) is 2. The highest BCUT2D eigenvalue weighted by atomic mass is 32.2. The summed E-state index contributed by atoms with van der Waals surface area (Å²) in [4.78, 5) is 2.42. The van der Waals surface area contributed by atoms with E-state index >= 15 is 0 Å². The number of nitrogens with zero attached hydrogens (tertiary/aromatic N) is 4. The lowest BCUT2D eigenvalue weighted by Gasteiger charge is -2.18. The maximum Gasteiger partial charge on any atom is 0.302 e. The van der Waals surface area contributed by atoms with E-state index in [1.807, 2.05) is 48.6 Å². The molecule has 23 heavy (non-hydrogen) atoms. The zero-order valence-electron chi connectivity index (χ0n) is 13.1. The molecule has 0 aliphatic carbocycles. The Bertz CT molecular complexity index is 650. The van der Waals surface area contributed by atoms with Crippen LogP contribution < -0.4 is 0 Å². The third-order valence-electron chi connectivity index (χ3n) is 3.16. The number of allylic oxidation sites excluding steroid dienone is 2. The van der Waals surface area contributed by atoms with Crippen molar-refractivity contribution in [2.45, 2.75) is 32.2 Å². The summed E-state index contributed by atoms with van der Waals surface area (Å²) in [6.45, 7) is 4.12. The topological polar surface area (TPSA) is 86.1 Å². The predicted molar refractivity (Wildman–Crippen MR) is 92.7 cm³/mol. The van der Waals surface area contributed by atoms with Crippen LogP contribution in [0.25, 0.3) is 10.4 Å². The zero-order chi connectivity index (χ0) is 17.0. The lowest BCUT2D eigenvalue weighted by molar-refractivity contribution is 0.412. The molecule has 0 amide bonds. The van der Waals surface area contributed by atoms with Crippen molar-refractivity contribution in [1.29, 1.82) is 0 Å². The van der Waals surface area contributed by atoms with Gasteiger partial charge in [-0.3, -0.25) is 0 Å². The smallest absolute Gasteiger partial charge is 0.204 e. The van der Waals surface area contributed by atoms with Crippen molar-refractivity contribution in [1.82, 2.24) is 4.31 Å². The molecule has 0 unspecified atom stereocenters. The fourth-order valence-corrected chi connectivity index (χ4v) is 2.84. The zero-order valence-corrected chi connectivity index (χ0v) is 13.9. The Hall–Kier alpha value is -2.08. The average molecular weight is 334 g/mol. The Morgan fingerprint density at radius 3 is 2.52 bits per heavy atom. The summed E-state index contributed by atoms with van der Waals surface area (Å²) < 4.78 is 28.1. The molecular weight excluding hydrogens is 312 g/mol. The SMILES string of the molecule is C=CCCC/C=C/CCN(Cc1ccccc1)S(=O)(=O)N=[N+]=[N-]. The van der Waals surface area contributed by atoms with Crippen LogP contribution in [0.15, 0.2) is 59.7 Å². The number of azide groups is 1. The molecule has 0 aliphatic heterocycles. The third kappa shape index (κ3) is 7.65. The molecule has 0 spiro atoms. The van der Waals surface area contributed by atoms with E-state index in [-0.39, 0.29) is 13.1 Å². The number of rotatable bonds is 11. The molecule has 1 aromatic carbocycles. The average Bonchev–Trinajstić information content (AvgIpc) is 2.53. The van der Waals surface area contributed by atoms with E-state index < -0.39 is 10.2 Å². The standard InChI is InChI=1S/C16H22N4O2S/c1-2-3-4-5-6-7-11-14-20(23(21,22)19-18-17)15-16-12-9-8-10-13-16/h2,6-10,12-13H,1,3-5,11,14-15H2/b7-6+. The summed E-state index contributed by atoms with van der Waals surface area (Å²) in [6.07, 6.45) is 9.37. The van der Waals surface area contributed by atoms with E-state index in [9.17, 15) is 8.42 Å². The molecule has 0 radical (unpaired) electrons. The lowest BCUT2D eigenvalue weighted by atomic mass is 10.2. The molecule has 0 saturated heterocycles. The van der Waals surface area contributed by atoms with Gasteiger partial charge in [0.25, 0.3) is 0 Å². The summed E-state index contributed by atoms with van der Waals surface area (Å²) in [7, 11) is -3.98. The summed E-state index contributed by atoms with van der Waals surface area (Å²) in [5.74, 6) is 0. The van der Waals surface area contributed by atoms with Crippen LogP contribution >= 0.6 is 0 Å². The first-order chi connectivity index (χ1) is 11.1. The first-order valence-electron chi connectivity index (χ1n) is 7.46. The van der Waals surface area contributed by atoms with Gasteiger partial charge in [0.15, 0.2) is 0 Å². The Morgan fingerprint density at radius 2 is 1.87 bits per heavy atom. The van der Waals surface area contributed by atoms with Crippen molar-refractivity contribution in [3.8, 4) is 0 Å². The molecular formula is C16H22N4O2S. The van der Waals surface area contributed by atoms with Crippen LogP contribution in [0, 0.1) is 0 Å². The molecule has 7 heteroatoms. The monoisotopic (exact) mass is 334 g/mol. The Labute approximate surface area is 137 Å². The molecule has 0 bridgehead atoms. The Balaban J connectivity index is 2.65. The minimum Gasteiger partial charge on any atom is -0.204 e. The van der Waals surface area contributed by atoms with Gasteiger partial charge in [0, 0.05) is 22.5 Å². The first kappa shape index (κ1) is 19.0. The van der Waals surface area contributed by atoms with Crippen LogP contribution in [0.4, 0.5) is 0 Å². The largest absolute Gasteiger partial charge is 0.302 e. The molecule has 0 aromatic heterocycles. The van der Waals surface area contributed by atoms with Crippen LogP contribution in [0.5, 0.6) is 0 Å². The molecule has 0 saturated carbocycles. The first-order valence-corrected chi connectivity index (χ1v) is 8.86. The minimum absolute atomic E-state index is 0.187. The normalized spacial score (nSPS) is 11.5. The second-order valence-corrected chi connectivity index (χ2v) is 6.52. The van der Waals surface area contributed by atoms with Gasteiger partial charge in [0.1, 0.15) is 0 Å². The van der Waals surface area contributed by atoms with Crippen molar-refractivity contribution in [2.75, 3.05) is 6.54 Å². The molecule has 1 rings (SSSR count). The van der Waals surface area contributed by atoms with Gasteiger partial charge in [-0.2, -0.15) is 4.31 Å². The van der Waals surface area contributed by atoms with E-state index in [0.717, 1.165) is 24.8 Å². The lowest BCUT2D eigenvalue weighted by Crippen LogP contribution is -2.29. The van der Waals surface area contributed by atoms with Crippen LogP contribution in [0.2, 0.25) is 0 Å². The van der Waals surface area contributed by atoms with Crippen LogP contribution in [-0.4, -0.2) is 19.3 Å². The van der Waals surface area contributed by atoms with Gasteiger partial charge in [0.05, 0.1) is 0 Å². The molecule has 0 aliphatic rings. The molecule has 0 heterocycles. The maximum atomic E-state index is 12.0. The van der Waals surface area contributed by atoms with Gasteiger partial charge in [0.2, 0.25) is 0 Å². The van der Waals surface area contributed by atoms with E-state index in [4.69, 9.17) is 5.53 Å². The number of benzene rings is 1. The quantitative estimate of drug-likeness (QED) is 0.198. The van der Waals surface area contributed by atoms with Crippen molar-refractivity contribution < 1.29 is 8.42 Å². The second-order valence-electron chi connectivity index (χ2n) is 4.95. The predicted octanol–water partition coefficient (Wildman–Crippen LogP) is 4.35. The summed E-state index contributed by atoms with van der Waals surface area (Å²) in [5, 5.41) is 0. The fourth-order valence-electron chi connectivity index (χ4n) is 2.00. The number of hydrogen-bond donors (Lipinski definition) is 0. The molecule has 1 aromatic rings. The van der Waals surface area contributed by atoms with Gasteiger partial charge in [-0.25, -0.2) is 8.42 Å². The molecule has 0 atom stereocenters. The van der Waals surface area contributed by atoms with Gasteiger partial charge in [-0.1, -0.05) is 48.6 Å². The van der Waals surface area contributed by atoms with Crippen molar-refractivity contribution in [3.05, 3.63) is 71.1 Å². The Morgan fingerprint density at radius 1 is 1.17 bits per heavy atom. The van der Waals surface area contributed by atoms with E-state index in [1.54, 1.807) is 0 Å². The van der Waals surface area contributed by atoms with E-state index in [0.29, 0.717) is 6.42 Å². The summed E-state index contributed by atoms with van der Waals surface area (Å²) >= 11 is 0. The van der Waals surface area contributed by atoms with Crippen molar-refractivity contribution in [2.24, 2.45) is 4.52 Å². The Kier molecular flexibility index (Phi) is 8.75. The highest BCUT2D eigenvalue weighted by Crippen LogP contribution is 2.12. The summed E-state index contributed by atoms with van der Waals surface area (Å²) in [5.41, 5.74) is 9.29. The van der Waals surface area contributed by atoms with Crippen LogP contribution in [0.3, 0.4) is 0 Å². The highest BCUT2D eigenvalue weighted by Gasteiger charge is 2.19. The third-order valence-corrected chi connectivity index (χ3v) is 4.40. The highest BCUT2D eigenvalue weighted by molar-refractivity contribution is 7.87. The summed E-state index contributed by atoms with van der Waals surface area (Å²) in [6, 6.07) is 9.22. The molecule has 124 valence electrons. The van der Waals surface area contributed by atoms with Crippen molar-refractivity contribution in [3.63, 3.8) is 0 Å². The van der Waals surface area contributed by atoms with Gasteiger partial charge in [-0.05, 0) is 36.8 Å². The van der Waals surface area contributed by atoms with E-state index in [2.05, 4.69) is 16.0 Å². The molecule has 0 N–H and O–H groups in total. The van der Waals surface area contributed by atoms with Crippen molar-refractivity contribution >= 4 is 10.2 Å². The van der Waals surface area contributed by atoms with Gasteiger partial charge >= 0.3 is 10.2 Å². The molecule has 0 fully saturated rings. The fraction of sp³-hybridized carbons (Fsp3) is 0.375. The van der Waals surface area contributed by atoms with Crippen LogP contribution in [-0.2, 0) is 16.8 Å². The minimum atomic E-state index is -3.98. The number of hydrogen-bond acceptors (Lipinski definition) is 2. The maximum absolute atomic E-state index is 12.0. The molecule has 6 nitrogen and oxygen atoms in total. The second kappa shape index (κ2) is 10.6. The van der Waals surface area contributed by atoms with E-state index in [1.165, 1.54) is 4.31 Å². The van der Waals surface area contributed by atoms with Crippen LogP contribution in [0.1, 0.15) is 31.2 Å². The van der Waals surface area contributed by atoms with Gasteiger partial charge in [-0.15, -0.1) is 6.58 Å².